The van der Waals surface area contributed by atoms with Gasteiger partial charge in [0, 0.05) is 35.4 Å². The second-order valence-corrected chi connectivity index (χ2v) is 7.08. The number of aromatic nitrogens is 4. The molecule has 0 radical (unpaired) electrons. The van der Waals surface area contributed by atoms with E-state index in [1.54, 1.807) is 29.1 Å². The van der Waals surface area contributed by atoms with Gasteiger partial charge in [0.15, 0.2) is 11.5 Å². The van der Waals surface area contributed by atoms with Crippen molar-refractivity contribution in [1.29, 1.82) is 0 Å². The highest BCUT2D eigenvalue weighted by Crippen LogP contribution is 2.24. The smallest absolute Gasteiger partial charge is 0.356 e. The number of aryl methyl sites for hydroxylation is 1. The lowest BCUT2D eigenvalue weighted by atomic mass is 10.2. The summed E-state index contributed by atoms with van der Waals surface area (Å²) in [6.45, 7) is 0.578. The summed E-state index contributed by atoms with van der Waals surface area (Å²) in [6, 6.07) is 6.51. The van der Waals surface area contributed by atoms with E-state index in [1.165, 1.54) is 16.9 Å². The number of carbonyl (C=O) groups is 2. The Labute approximate surface area is 174 Å². The van der Waals surface area contributed by atoms with Gasteiger partial charge >= 0.3 is 5.97 Å². The maximum atomic E-state index is 12.1. The first-order valence-electron chi connectivity index (χ1n) is 8.05. The zero-order valence-electron chi connectivity index (χ0n) is 14.3. The molecular formula is C17H14Cl3N5O3. The van der Waals surface area contributed by atoms with Crippen molar-refractivity contribution in [2.45, 2.75) is 19.5 Å². The molecule has 0 aliphatic carbocycles. The van der Waals surface area contributed by atoms with Crippen LogP contribution in [0.1, 0.15) is 22.5 Å². The molecule has 0 bridgehead atoms. The average molecular weight is 443 g/mol. The van der Waals surface area contributed by atoms with Crippen LogP contribution in [0.2, 0.25) is 15.1 Å². The van der Waals surface area contributed by atoms with Gasteiger partial charge in [0.2, 0.25) is 5.91 Å². The van der Waals surface area contributed by atoms with Crippen molar-refractivity contribution in [2.24, 2.45) is 0 Å². The summed E-state index contributed by atoms with van der Waals surface area (Å²) < 4.78 is 2.94. The molecule has 146 valence electrons. The Hall–Kier alpha value is -2.55. The van der Waals surface area contributed by atoms with E-state index in [9.17, 15) is 9.59 Å². The Bertz CT molecular complexity index is 1030. The van der Waals surface area contributed by atoms with Crippen LogP contribution in [0.3, 0.4) is 0 Å². The number of halogens is 3. The predicted molar refractivity (Wildman–Crippen MR) is 105 cm³/mol. The molecule has 0 spiro atoms. The lowest BCUT2D eigenvalue weighted by Crippen LogP contribution is -2.16. The SMILES string of the molecule is O=C(CCn1ccc(C(=O)O)n1)Nc1nn(Cc2ccc(Cl)cc2Cl)cc1Cl. The van der Waals surface area contributed by atoms with Gasteiger partial charge in [0.1, 0.15) is 5.02 Å². The molecule has 2 aromatic heterocycles. The van der Waals surface area contributed by atoms with Crippen LogP contribution in [0.25, 0.3) is 0 Å². The number of nitrogens with zero attached hydrogens (tertiary/aromatic N) is 4. The van der Waals surface area contributed by atoms with E-state index in [0.717, 1.165) is 5.56 Å². The first-order chi connectivity index (χ1) is 13.3. The number of benzene rings is 1. The van der Waals surface area contributed by atoms with Crippen LogP contribution < -0.4 is 5.32 Å². The van der Waals surface area contributed by atoms with Crippen molar-refractivity contribution in [3.8, 4) is 0 Å². The highest BCUT2D eigenvalue weighted by Gasteiger charge is 2.13. The third kappa shape index (κ3) is 5.03. The van der Waals surface area contributed by atoms with E-state index in [4.69, 9.17) is 39.9 Å². The van der Waals surface area contributed by atoms with Gasteiger partial charge in [0.05, 0.1) is 6.54 Å². The number of nitrogens with one attached hydrogen (secondary N) is 1. The zero-order valence-corrected chi connectivity index (χ0v) is 16.5. The van der Waals surface area contributed by atoms with Crippen LogP contribution >= 0.6 is 34.8 Å². The van der Waals surface area contributed by atoms with E-state index in [-0.39, 0.29) is 35.4 Å². The molecule has 3 rings (SSSR count). The van der Waals surface area contributed by atoms with E-state index < -0.39 is 5.97 Å². The molecule has 0 aliphatic heterocycles. The van der Waals surface area contributed by atoms with Crippen molar-refractivity contribution in [3.05, 3.63) is 63.0 Å². The molecule has 0 saturated carbocycles. The molecular weight excluding hydrogens is 429 g/mol. The van der Waals surface area contributed by atoms with Crippen LogP contribution in [0.15, 0.2) is 36.7 Å². The lowest BCUT2D eigenvalue weighted by molar-refractivity contribution is -0.116. The minimum atomic E-state index is -1.12. The largest absolute Gasteiger partial charge is 0.476 e. The Morgan fingerprint density at radius 1 is 1.07 bits per heavy atom. The standard InChI is InChI=1S/C17H14Cl3N5O3/c18-11-2-1-10(12(19)7-11)8-25-9-13(20)16(23-25)21-15(26)4-6-24-5-3-14(22-24)17(27)28/h1-3,5,7,9H,4,6,8H2,(H,27,28)(H,21,23,26). The number of anilines is 1. The van der Waals surface area contributed by atoms with Gasteiger partial charge < -0.3 is 10.4 Å². The monoisotopic (exact) mass is 441 g/mol. The second-order valence-electron chi connectivity index (χ2n) is 5.83. The number of aromatic carboxylic acids is 1. The van der Waals surface area contributed by atoms with Gasteiger partial charge in [0.25, 0.3) is 0 Å². The van der Waals surface area contributed by atoms with Crippen molar-refractivity contribution in [1.82, 2.24) is 19.6 Å². The third-order valence-corrected chi connectivity index (χ3v) is 4.61. The molecule has 1 amide bonds. The van der Waals surface area contributed by atoms with E-state index >= 15 is 0 Å². The average Bonchev–Trinajstić information content (AvgIpc) is 3.23. The van der Waals surface area contributed by atoms with E-state index in [2.05, 4.69) is 15.5 Å². The number of carboxylic acids is 1. The summed E-state index contributed by atoms with van der Waals surface area (Å²) in [5.74, 6) is -1.23. The van der Waals surface area contributed by atoms with Gasteiger partial charge in [-0.15, -0.1) is 0 Å². The molecule has 0 saturated heterocycles. The predicted octanol–water partition coefficient (Wildman–Crippen LogP) is 3.82. The van der Waals surface area contributed by atoms with Gasteiger partial charge in [-0.2, -0.15) is 10.2 Å². The topological polar surface area (TPSA) is 102 Å². The number of carboxylic acid groups (broad SMARTS) is 1. The van der Waals surface area contributed by atoms with Crippen molar-refractivity contribution in [2.75, 3.05) is 5.32 Å². The number of hydrogen-bond donors (Lipinski definition) is 2. The van der Waals surface area contributed by atoms with Crippen LogP contribution in [-0.2, 0) is 17.9 Å². The summed E-state index contributed by atoms with van der Waals surface area (Å²) in [4.78, 5) is 22.9. The van der Waals surface area contributed by atoms with E-state index in [1.807, 2.05) is 0 Å². The second kappa shape index (κ2) is 8.64. The highest BCUT2D eigenvalue weighted by atomic mass is 35.5. The molecule has 0 unspecified atom stereocenters. The number of carbonyl (C=O) groups excluding carboxylic acids is 1. The molecule has 8 nitrogen and oxygen atoms in total. The molecule has 0 aliphatic rings. The highest BCUT2D eigenvalue weighted by molar-refractivity contribution is 6.35. The Morgan fingerprint density at radius 3 is 2.54 bits per heavy atom. The van der Waals surface area contributed by atoms with Crippen LogP contribution in [-0.4, -0.2) is 36.5 Å². The summed E-state index contributed by atoms with van der Waals surface area (Å²) in [5, 5.41) is 20.9. The first-order valence-corrected chi connectivity index (χ1v) is 9.18. The maximum absolute atomic E-state index is 12.1. The molecule has 2 heterocycles. The minimum absolute atomic E-state index is 0.0763. The van der Waals surface area contributed by atoms with Gasteiger partial charge in [-0.3, -0.25) is 14.2 Å². The number of hydrogen-bond acceptors (Lipinski definition) is 4. The van der Waals surface area contributed by atoms with Crippen LogP contribution in [0.5, 0.6) is 0 Å². The molecule has 0 atom stereocenters. The summed E-state index contributed by atoms with van der Waals surface area (Å²) in [7, 11) is 0. The third-order valence-electron chi connectivity index (χ3n) is 3.75. The molecule has 28 heavy (non-hydrogen) atoms. The lowest BCUT2D eigenvalue weighted by Gasteiger charge is -2.05. The zero-order chi connectivity index (χ0) is 20.3. The summed E-state index contributed by atoms with van der Waals surface area (Å²) in [6.07, 6.45) is 3.15. The van der Waals surface area contributed by atoms with Crippen molar-refractivity contribution in [3.63, 3.8) is 0 Å². The van der Waals surface area contributed by atoms with Crippen LogP contribution in [0.4, 0.5) is 5.82 Å². The van der Waals surface area contributed by atoms with Crippen molar-refractivity contribution < 1.29 is 14.7 Å². The quantitative estimate of drug-likeness (QED) is 0.579. The van der Waals surface area contributed by atoms with Gasteiger partial charge in [-0.1, -0.05) is 40.9 Å². The summed E-state index contributed by atoms with van der Waals surface area (Å²) >= 11 is 18.2. The first kappa shape index (κ1) is 20.2. The Kier molecular flexibility index (Phi) is 6.23. The fourth-order valence-corrected chi connectivity index (χ4v) is 3.06. The fourth-order valence-electron chi connectivity index (χ4n) is 2.40. The Morgan fingerprint density at radius 2 is 1.86 bits per heavy atom. The van der Waals surface area contributed by atoms with Gasteiger partial charge in [-0.25, -0.2) is 4.79 Å². The molecule has 11 heteroatoms. The molecule has 0 fully saturated rings. The number of amides is 1. The Balaban J connectivity index is 1.59. The molecule has 1 aromatic carbocycles. The normalized spacial score (nSPS) is 10.8. The van der Waals surface area contributed by atoms with E-state index in [0.29, 0.717) is 16.6 Å². The van der Waals surface area contributed by atoms with Crippen LogP contribution in [0, 0.1) is 0 Å². The van der Waals surface area contributed by atoms with Gasteiger partial charge in [-0.05, 0) is 23.8 Å². The maximum Gasteiger partial charge on any atom is 0.356 e. The number of rotatable bonds is 7. The molecule has 2 N–H and O–H groups in total. The summed E-state index contributed by atoms with van der Waals surface area (Å²) in [5.41, 5.74) is 0.721. The van der Waals surface area contributed by atoms with Crippen molar-refractivity contribution >= 4 is 52.5 Å². The fraction of sp³-hybridized carbons (Fsp3) is 0.176. The molecule has 3 aromatic rings. The minimum Gasteiger partial charge on any atom is -0.476 e.